The Morgan fingerprint density at radius 1 is 1.50 bits per heavy atom. The summed E-state index contributed by atoms with van der Waals surface area (Å²) in [5.74, 6) is 5.41. The van der Waals surface area contributed by atoms with Crippen molar-refractivity contribution in [2.45, 2.75) is 13.5 Å². The van der Waals surface area contributed by atoms with Crippen LogP contribution in [0.15, 0.2) is 18.2 Å². The zero-order valence-corrected chi connectivity index (χ0v) is 9.45. The second-order valence-electron chi connectivity index (χ2n) is 3.36. The Labute approximate surface area is 94.5 Å². The molecule has 3 N–H and O–H groups in total. The molecule has 0 aromatic heterocycles. The smallest absolute Gasteiger partial charge is 0.259 e. The number of methoxy groups -OCH3 is 1. The van der Waals surface area contributed by atoms with Crippen LogP contribution in [0.25, 0.3) is 0 Å². The lowest BCUT2D eigenvalue weighted by atomic mass is 10.1. The highest BCUT2D eigenvalue weighted by Crippen LogP contribution is 2.18. The Morgan fingerprint density at radius 2 is 2.25 bits per heavy atom. The average molecular weight is 224 g/mol. The molecule has 0 unspecified atom stereocenters. The van der Waals surface area contributed by atoms with Gasteiger partial charge in [-0.3, -0.25) is 10.2 Å². The molecule has 5 nitrogen and oxygen atoms in total. The normalized spacial score (nSPS) is 9.94. The van der Waals surface area contributed by atoms with Crippen molar-refractivity contribution >= 4 is 5.91 Å². The molecule has 0 aliphatic carbocycles. The summed E-state index contributed by atoms with van der Waals surface area (Å²) in [5, 5.41) is 0. The van der Waals surface area contributed by atoms with Gasteiger partial charge in [-0.15, -0.1) is 0 Å². The predicted octanol–water partition coefficient (Wildman–Crippen LogP) is 0.510. The molecule has 1 aromatic rings. The number of hydrazine groups is 1. The molecule has 16 heavy (non-hydrogen) atoms. The minimum absolute atomic E-state index is 0.0401. The Morgan fingerprint density at radius 3 is 2.81 bits per heavy atom. The van der Waals surface area contributed by atoms with Crippen molar-refractivity contribution < 1.29 is 14.3 Å². The van der Waals surface area contributed by atoms with Gasteiger partial charge in [-0.05, 0) is 24.1 Å². The van der Waals surface area contributed by atoms with Gasteiger partial charge in [0, 0.05) is 0 Å². The highest BCUT2D eigenvalue weighted by molar-refractivity contribution is 5.76. The number of carbonyl (C=O) groups excluding carboxylic acids is 1. The van der Waals surface area contributed by atoms with Gasteiger partial charge < -0.3 is 9.47 Å². The molecule has 1 rings (SSSR count). The van der Waals surface area contributed by atoms with E-state index in [0.717, 1.165) is 16.9 Å². The first-order valence-electron chi connectivity index (χ1n) is 4.88. The molecule has 0 fully saturated rings. The number of amides is 1. The minimum atomic E-state index is -0.342. The maximum Gasteiger partial charge on any atom is 0.259 e. The summed E-state index contributed by atoms with van der Waals surface area (Å²) in [6, 6.07) is 5.72. The zero-order valence-electron chi connectivity index (χ0n) is 9.45. The molecular formula is C11H16N2O3. The van der Waals surface area contributed by atoms with Gasteiger partial charge in [0.1, 0.15) is 12.4 Å². The average Bonchev–Trinajstić information content (AvgIpc) is 2.29. The van der Waals surface area contributed by atoms with Gasteiger partial charge in [-0.2, -0.15) is 0 Å². The van der Waals surface area contributed by atoms with E-state index >= 15 is 0 Å². The largest absolute Gasteiger partial charge is 0.496 e. The fourth-order valence-corrected chi connectivity index (χ4v) is 1.33. The first kappa shape index (κ1) is 12.5. The van der Waals surface area contributed by atoms with Crippen LogP contribution in [0.2, 0.25) is 0 Å². The lowest BCUT2D eigenvalue weighted by Crippen LogP contribution is -2.33. The summed E-state index contributed by atoms with van der Waals surface area (Å²) in [4.78, 5) is 10.8. The number of rotatable bonds is 5. The monoisotopic (exact) mass is 224 g/mol. The number of hydrogen-bond donors (Lipinski definition) is 2. The molecule has 0 bridgehead atoms. The Kier molecular flexibility index (Phi) is 4.75. The van der Waals surface area contributed by atoms with Gasteiger partial charge in [0.05, 0.1) is 13.7 Å². The lowest BCUT2D eigenvalue weighted by molar-refractivity contribution is -0.126. The Balaban J connectivity index is 2.49. The van der Waals surface area contributed by atoms with Gasteiger partial charge in [0.15, 0.2) is 0 Å². The van der Waals surface area contributed by atoms with Crippen molar-refractivity contribution in [1.29, 1.82) is 0 Å². The van der Waals surface area contributed by atoms with Crippen LogP contribution in [0.1, 0.15) is 11.1 Å². The molecule has 0 aliphatic heterocycles. The van der Waals surface area contributed by atoms with Gasteiger partial charge in [-0.25, -0.2) is 5.84 Å². The molecule has 0 spiro atoms. The third-order valence-electron chi connectivity index (χ3n) is 2.12. The fraction of sp³-hybridized carbons (Fsp3) is 0.364. The van der Waals surface area contributed by atoms with Crippen LogP contribution >= 0.6 is 0 Å². The molecule has 0 atom stereocenters. The van der Waals surface area contributed by atoms with Crippen molar-refractivity contribution in [3.63, 3.8) is 0 Å². The summed E-state index contributed by atoms with van der Waals surface area (Å²) < 4.78 is 10.3. The first-order valence-corrected chi connectivity index (χ1v) is 4.88. The number of aryl methyl sites for hydroxylation is 1. The number of hydrogen-bond acceptors (Lipinski definition) is 4. The van der Waals surface area contributed by atoms with Gasteiger partial charge >= 0.3 is 0 Å². The van der Waals surface area contributed by atoms with E-state index < -0.39 is 0 Å². The van der Waals surface area contributed by atoms with Crippen LogP contribution in [0.4, 0.5) is 0 Å². The van der Waals surface area contributed by atoms with Crippen LogP contribution in [0.3, 0.4) is 0 Å². The van der Waals surface area contributed by atoms with Crippen LogP contribution in [0, 0.1) is 6.92 Å². The van der Waals surface area contributed by atoms with E-state index in [1.165, 1.54) is 0 Å². The van der Waals surface area contributed by atoms with Gasteiger partial charge in [0.25, 0.3) is 5.91 Å². The second kappa shape index (κ2) is 6.09. The van der Waals surface area contributed by atoms with E-state index in [4.69, 9.17) is 15.3 Å². The number of nitrogens with one attached hydrogen (secondary N) is 1. The van der Waals surface area contributed by atoms with Crippen LogP contribution < -0.4 is 16.0 Å². The molecule has 0 aliphatic rings. The molecular weight excluding hydrogens is 208 g/mol. The second-order valence-corrected chi connectivity index (χ2v) is 3.36. The molecule has 0 radical (unpaired) electrons. The standard InChI is InChI=1S/C11H16N2O3/c1-8-5-9(3-4-10(8)15-2)6-16-7-11(14)13-12/h3-5H,6-7,12H2,1-2H3,(H,13,14). The van der Waals surface area contributed by atoms with E-state index in [1.54, 1.807) is 7.11 Å². The van der Waals surface area contributed by atoms with Crippen molar-refractivity contribution in [2.75, 3.05) is 13.7 Å². The Bertz CT molecular complexity index is 366. The molecule has 5 heteroatoms. The molecule has 1 amide bonds. The highest BCUT2D eigenvalue weighted by Gasteiger charge is 2.02. The van der Waals surface area contributed by atoms with Crippen molar-refractivity contribution in [2.24, 2.45) is 5.84 Å². The van der Waals surface area contributed by atoms with Crippen molar-refractivity contribution in [3.8, 4) is 5.75 Å². The van der Waals surface area contributed by atoms with Gasteiger partial charge in [0.2, 0.25) is 0 Å². The topological polar surface area (TPSA) is 73.6 Å². The first-order chi connectivity index (χ1) is 7.67. The molecule has 0 heterocycles. The number of carbonyl (C=O) groups is 1. The third kappa shape index (κ3) is 3.52. The highest BCUT2D eigenvalue weighted by atomic mass is 16.5. The van der Waals surface area contributed by atoms with Crippen LogP contribution in [-0.4, -0.2) is 19.6 Å². The van der Waals surface area contributed by atoms with Gasteiger partial charge in [-0.1, -0.05) is 12.1 Å². The molecule has 88 valence electrons. The number of ether oxygens (including phenoxy) is 2. The van der Waals surface area contributed by atoms with E-state index in [0.29, 0.717) is 6.61 Å². The number of benzene rings is 1. The summed E-state index contributed by atoms with van der Waals surface area (Å²) >= 11 is 0. The molecule has 0 saturated carbocycles. The van der Waals surface area contributed by atoms with Crippen LogP contribution in [0.5, 0.6) is 5.75 Å². The van der Waals surface area contributed by atoms with E-state index in [2.05, 4.69) is 0 Å². The maximum atomic E-state index is 10.8. The maximum absolute atomic E-state index is 10.8. The Hall–Kier alpha value is -1.59. The lowest BCUT2D eigenvalue weighted by Gasteiger charge is -2.07. The zero-order chi connectivity index (χ0) is 12.0. The molecule has 0 saturated heterocycles. The summed E-state index contributed by atoms with van der Waals surface area (Å²) in [6.45, 7) is 2.29. The third-order valence-corrected chi connectivity index (χ3v) is 2.12. The van der Waals surface area contributed by atoms with Crippen molar-refractivity contribution in [1.82, 2.24) is 5.43 Å². The van der Waals surface area contributed by atoms with Crippen molar-refractivity contribution in [3.05, 3.63) is 29.3 Å². The van der Waals surface area contributed by atoms with E-state index in [1.807, 2.05) is 30.5 Å². The quantitative estimate of drug-likeness (QED) is 0.434. The summed E-state index contributed by atoms with van der Waals surface area (Å²) in [5.41, 5.74) is 4.02. The predicted molar refractivity (Wildman–Crippen MR) is 59.7 cm³/mol. The SMILES string of the molecule is COc1ccc(COCC(=O)NN)cc1C. The summed E-state index contributed by atoms with van der Waals surface area (Å²) in [6.07, 6.45) is 0. The summed E-state index contributed by atoms with van der Waals surface area (Å²) in [7, 11) is 1.63. The number of nitrogens with two attached hydrogens (primary N) is 1. The van der Waals surface area contributed by atoms with E-state index in [9.17, 15) is 4.79 Å². The fourth-order valence-electron chi connectivity index (χ4n) is 1.33. The van der Waals surface area contributed by atoms with E-state index in [-0.39, 0.29) is 12.5 Å². The van der Waals surface area contributed by atoms with Crippen LogP contribution in [-0.2, 0) is 16.1 Å². The minimum Gasteiger partial charge on any atom is -0.496 e. The molecule has 1 aromatic carbocycles.